The van der Waals surface area contributed by atoms with E-state index in [1.165, 1.54) is 0 Å². The maximum atomic E-state index is 12.1. The molecule has 1 amide bonds. The van der Waals surface area contributed by atoms with Crippen LogP contribution in [0.15, 0.2) is 12.3 Å². The van der Waals surface area contributed by atoms with Crippen molar-refractivity contribution in [3.05, 3.63) is 23.5 Å². The summed E-state index contributed by atoms with van der Waals surface area (Å²) in [5, 5.41) is 6.02. The molecule has 0 bridgehead atoms. The third kappa shape index (κ3) is 4.22. The number of aryl methyl sites for hydroxylation is 1. The number of anilines is 1. The topological polar surface area (TPSA) is 54.0 Å². The SMILES string of the molecule is CNc1cc(C)ncc1C(=O)NC(C)CCSC. The summed E-state index contributed by atoms with van der Waals surface area (Å²) in [6, 6.07) is 2.05. The third-order valence-electron chi connectivity index (χ3n) is 2.69. The molecule has 5 heteroatoms. The van der Waals surface area contributed by atoms with E-state index in [9.17, 15) is 4.79 Å². The van der Waals surface area contributed by atoms with E-state index in [1.54, 1.807) is 18.0 Å². The van der Waals surface area contributed by atoms with Crippen LogP contribution >= 0.6 is 11.8 Å². The zero-order valence-corrected chi connectivity index (χ0v) is 12.2. The highest BCUT2D eigenvalue weighted by molar-refractivity contribution is 7.98. The lowest BCUT2D eigenvalue weighted by Crippen LogP contribution is -2.33. The van der Waals surface area contributed by atoms with Crippen LogP contribution in [0.3, 0.4) is 0 Å². The molecule has 0 aromatic carbocycles. The highest BCUT2D eigenvalue weighted by Crippen LogP contribution is 2.15. The van der Waals surface area contributed by atoms with Crippen LogP contribution in [0.2, 0.25) is 0 Å². The van der Waals surface area contributed by atoms with Gasteiger partial charge in [0.25, 0.3) is 5.91 Å². The minimum absolute atomic E-state index is 0.0690. The first kappa shape index (κ1) is 14.8. The first-order chi connectivity index (χ1) is 8.58. The molecule has 1 unspecified atom stereocenters. The molecule has 1 aromatic heterocycles. The summed E-state index contributed by atoms with van der Waals surface area (Å²) >= 11 is 1.79. The summed E-state index contributed by atoms with van der Waals surface area (Å²) in [5.74, 6) is 0.979. The van der Waals surface area contributed by atoms with Crippen molar-refractivity contribution in [2.24, 2.45) is 0 Å². The van der Waals surface area contributed by atoms with Crippen LogP contribution in [0.5, 0.6) is 0 Å². The summed E-state index contributed by atoms with van der Waals surface area (Å²) < 4.78 is 0. The number of carbonyl (C=O) groups excluding carboxylic acids is 1. The Morgan fingerprint density at radius 1 is 1.56 bits per heavy atom. The van der Waals surface area contributed by atoms with Crippen molar-refractivity contribution in [1.82, 2.24) is 10.3 Å². The van der Waals surface area contributed by atoms with Crippen LogP contribution < -0.4 is 10.6 Å². The Labute approximate surface area is 113 Å². The molecular weight excluding hydrogens is 246 g/mol. The second kappa shape index (κ2) is 7.26. The van der Waals surface area contributed by atoms with Gasteiger partial charge in [0.1, 0.15) is 0 Å². The molecule has 1 atom stereocenters. The number of thioether (sulfide) groups is 1. The number of hydrogen-bond donors (Lipinski definition) is 2. The van der Waals surface area contributed by atoms with E-state index in [1.807, 2.05) is 27.0 Å². The van der Waals surface area contributed by atoms with Crippen LogP contribution in [-0.2, 0) is 0 Å². The summed E-state index contributed by atoms with van der Waals surface area (Å²) in [5.41, 5.74) is 2.31. The molecule has 0 aliphatic rings. The normalized spacial score (nSPS) is 12.0. The molecule has 4 nitrogen and oxygen atoms in total. The summed E-state index contributed by atoms with van der Waals surface area (Å²) in [6.45, 7) is 3.93. The number of nitrogens with one attached hydrogen (secondary N) is 2. The van der Waals surface area contributed by atoms with Crippen LogP contribution in [0.25, 0.3) is 0 Å². The fraction of sp³-hybridized carbons (Fsp3) is 0.538. The Morgan fingerprint density at radius 2 is 2.28 bits per heavy atom. The Morgan fingerprint density at radius 3 is 2.89 bits per heavy atom. The Balaban J connectivity index is 2.72. The smallest absolute Gasteiger partial charge is 0.255 e. The maximum Gasteiger partial charge on any atom is 0.255 e. The van der Waals surface area contributed by atoms with Gasteiger partial charge in [0.15, 0.2) is 0 Å². The second-order valence-electron chi connectivity index (χ2n) is 4.28. The van der Waals surface area contributed by atoms with Gasteiger partial charge in [-0.25, -0.2) is 0 Å². The zero-order valence-electron chi connectivity index (χ0n) is 11.4. The lowest BCUT2D eigenvalue weighted by atomic mass is 10.1. The molecule has 0 saturated carbocycles. The van der Waals surface area contributed by atoms with E-state index >= 15 is 0 Å². The lowest BCUT2D eigenvalue weighted by molar-refractivity contribution is 0.0940. The van der Waals surface area contributed by atoms with Gasteiger partial charge >= 0.3 is 0 Å². The van der Waals surface area contributed by atoms with Crippen molar-refractivity contribution in [3.63, 3.8) is 0 Å². The molecule has 18 heavy (non-hydrogen) atoms. The minimum atomic E-state index is -0.0690. The monoisotopic (exact) mass is 267 g/mol. The highest BCUT2D eigenvalue weighted by atomic mass is 32.2. The summed E-state index contributed by atoms with van der Waals surface area (Å²) in [7, 11) is 1.81. The quantitative estimate of drug-likeness (QED) is 0.830. The van der Waals surface area contributed by atoms with Crippen molar-refractivity contribution >= 4 is 23.4 Å². The fourth-order valence-corrected chi connectivity index (χ4v) is 2.21. The Hall–Kier alpha value is -1.23. The van der Waals surface area contributed by atoms with Gasteiger partial charge in [0, 0.05) is 25.0 Å². The number of aromatic nitrogens is 1. The van der Waals surface area contributed by atoms with E-state index in [2.05, 4.69) is 21.9 Å². The standard InChI is InChI=1S/C13H21N3OS/c1-9(5-6-18-4)16-13(17)11-8-15-10(2)7-12(11)14-3/h7-9H,5-6H2,1-4H3,(H,14,15)(H,16,17). The fourth-order valence-electron chi connectivity index (χ4n) is 1.62. The van der Waals surface area contributed by atoms with E-state index in [0.29, 0.717) is 5.56 Å². The predicted octanol–water partition coefficient (Wildman–Crippen LogP) is 2.30. The molecule has 1 rings (SSSR count). The second-order valence-corrected chi connectivity index (χ2v) is 5.26. The van der Waals surface area contributed by atoms with Gasteiger partial charge in [-0.1, -0.05) is 0 Å². The number of carbonyl (C=O) groups is 1. The average Bonchev–Trinajstić information content (AvgIpc) is 2.35. The van der Waals surface area contributed by atoms with Gasteiger partial charge in [-0.15, -0.1) is 0 Å². The molecule has 0 aliphatic carbocycles. The van der Waals surface area contributed by atoms with E-state index in [-0.39, 0.29) is 11.9 Å². The molecule has 0 radical (unpaired) electrons. The van der Waals surface area contributed by atoms with Gasteiger partial charge in [-0.3, -0.25) is 9.78 Å². The van der Waals surface area contributed by atoms with Gasteiger partial charge < -0.3 is 10.6 Å². The zero-order chi connectivity index (χ0) is 13.5. The molecule has 0 spiro atoms. The van der Waals surface area contributed by atoms with Gasteiger partial charge in [-0.2, -0.15) is 11.8 Å². The molecular formula is C13H21N3OS. The van der Waals surface area contributed by atoms with E-state index < -0.39 is 0 Å². The largest absolute Gasteiger partial charge is 0.387 e. The number of amides is 1. The van der Waals surface area contributed by atoms with Crippen molar-refractivity contribution in [2.45, 2.75) is 26.3 Å². The first-order valence-corrected chi connectivity index (χ1v) is 7.42. The molecule has 1 aromatic rings. The van der Waals surface area contributed by atoms with E-state index in [4.69, 9.17) is 0 Å². The Kier molecular flexibility index (Phi) is 5.98. The van der Waals surface area contributed by atoms with Crippen LogP contribution in [0, 0.1) is 6.92 Å². The van der Waals surface area contributed by atoms with Crippen molar-refractivity contribution in [3.8, 4) is 0 Å². The van der Waals surface area contributed by atoms with Gasteiger partial charge in [0.2, 0.25) is 0 Å². The number of pyridine rings is 1. The maximum absolute atomic E-state index is 12.1. The first-order valence-electron chi connectivity index (χ1n) is 6.02. The lowest BCUT2D eigenvalue weighted by Gasteiger charge is -2.15. The van der Waals surface area contributed by atoms with Crippen molar-refractivity contribution in [1.29, 1.82) is 0 Å². The van der Waals surface area contributed by atoms with Gasteiger partial charge in [-0.05, 0) is 38.3 Å². The van der Waals surface area contributed by atoms with Gasteiger partial charge in [0.05, 0.1) is 11.3 Å². The Bertz CT molecular complexity index is 409. The highest BCUT2D eigenvalue weighted by Gasteiger charge is 2.13. The molecule has 1 heterocycles. The predicted molar refractivity (Wildman–Crippen MR) is 78.4 cm³/mol. The van der Waals surface area contributed by atoms with Crippen LogP contribution in [0.1, 0.15) is 29.4 Å². The van der Waals surface area contributed by atoms with E-state index in [0.717, 1.165) is 23.6 Å². The van der Waals surface area contributed by atoms with Crippen LogP contribution in [-0.4, -0.2) is 36.0 Å². The van der Waals surface area contributed by atoms with Crippen molar-refractivity contribution in [2.75, 3.05) is 24.4 Å². The summed E-state index contributed by atoms with van der Waals surface area (Å²) in [6.07, 6.45) is 4.66. The molecule has 0 aliphatic heterocycles. The molecule has 100 valence electrons. The average molecular weight is 267 g/mol. The number of hydrogen-bond acceptors (Lipinski definition) is 4. The number of nitrogens with zero attached hydrogens (tertiary/aromatic N) is 1. The van der Waals surface area contributed by atoms with Crippen molar-refractivity contribution < 1.29 is 4.79 Å². The molecule has 0 saturated heterocycles. The number of rotatable bonds is 6. The van der Waals surface area contributed by atoms with Crippen LogP contribution in [0.4, 0.5) is 5.69 Å². The summed E-state index contributed by atoms with van der Waals surface area (Å²) in [4.78, 5) is 16.3. The molecule has 2 N–H and O–H groups in total. The minimum Gasteiger partial charge on any atom is -0.387 e. The third-order valence-corrected chi connectivity index (χ3v) is 3.33. The molecule has 0 fully saturated rings.